The van der Waals surface area contributed by atoms with Crippen molar-refractivity contribution in [3.8, 4) is 0 Å². The molecule has 0 radical (unpaired) electrons. The summed E-state index contributed by atoms with van der Waals surface area (Å²) in [4.78, 5) is 24.2. The third-order valence-electron chi connectivity index (χ3n) is 3.81. The molecule has 132 valence electrons. The number of carbonyl (C=O) groups excluding carboxylic acids is 2. The van der Waals surface area contributed by atoms with Gasteiger partial charge in [0.2, 0.25) is 11.8 Å². The second-order valence-corrected chi connectivity index (χ2v) is 6.02. The highest BCUT2D eigenvalue weighted by Crippen LogP contribution is 2.24. The molecule has 0 heterocycles. The Hall–Kier alpha value is -2.66. The second-order valence-electron chi connectivity index (χ2n) is 6.02. The van der Waals surface area contributed by atoms with E-state index in [0.717, 1.165) is 11.1 Å². The van der Waals surface area contributed by atoms with Crippen molar-refractivity contribution in [3.63, 3.8) is 0 Å². The molecule has 2 aromatic carbocycles. The van der Waals surface area contributed by atoms with Crippen LogP contribution in [0.4, 0.5) is 11.4 Å². The maximum atomic E-state index is 12.2. The summed E-state index contributed by atoms with van der Waals surface area (Å²) in [5.74, 6) is -0.180. The van der Waals surface area contributed by atoms with Crippen molar-refractivity contribution in [1.29, 1.82) is 0 Å². The van der Waals surface area contributed by atoms with E-state index in [9.17, 15) is 9.59 Å². The fraction of sp³-hybridized carbons (Fsp3) is 0.300. The van der Waals surface area contributed by atoms with E-state index in [1.807, 2.05) is 55.5 Å². The minimum Gasteiger partial charge on any atom is -0.330 e. The van der Waals surface area contributed by atoms with Gasteiger partial charge in [0.05, 0.1) is 11.4 Å². The highest BCUT2D eigenvalue weighted by Gasteiger charge is 2.10. The molecule has 0 aliphatic rings. The summed E-state index contributed by atoms with van der Waals surface area (Å²) in [6.45, 7) is 2.42. The number of nitrogens with two attached hydrogens (primary N) is 1. The first kappa shape index (κ1) is 18.7. The molecule has 5 heteroatoms. The summed E-state index contributed by atoms with van der Waals surface area (Å²) < 4.78 is 0. The van der Waals surface area contributed by atoms with E-state index in [0.29, 0.717) is 43.6 Å². The number of amides is 2. The summed E-state index contributed by atoms with van der Waals surface area (Å²) in [6, 6.07) is 15.5. The van der Waals surface area contributed by atoms with Gasteiger partial charge in [0.1, 0.15) is 0 Å². The maximum Gasteiger partial charge on any atom is 0.224 e. The molecular formula is C20H25N3O2. The number of hydrogen-bond donors (Lipinski definition) is 3. The molecule has 0 fully saturated rings. The lowest BCUT2D eigenvalue weighted by Gasteiger charge is -2.13. The van der Waals surface area contributed by atoms with Crippen molar-refractivity contribution in [2.24, 2.45) is 5.73 Å². The van der Waals surface area contributed by atoms with Crippen LogP contribution >= 0.6 is 0 Å². The van der Waals surface area contributed by atoms with Gasteiger partial charge in [-0.15, -0.1) is 0 Å². The lowest BCUT2D eigenvalue weighted by atomic mass is 10.1. The van der Waals surface area contributed by atoms with Gasteiger partial charge in [-0.3, -0.25) is 9.59 Å². The molecule has 0 aromatic heterocycles. The first-order valence-electron chi connectivity index (χ1n) is 8.53. The molecule has 5 nitrogen and oxygen atoms in total. The van der Waals surface area contributed by atoms with Crippen molar-refractivity contribution in [3.05, 3.63) is 59.7 Å². The predicted molar refractivity (Wildman–Crippen MR) is 101 cm³/mol. The summed E-state index contributed by atoms with van der Waals surface area (Å²) in [5.41, 5.74) is 8.80. The zero-order valence-electron chi connectivity index (χ0n) is 14.5. The third kappa shape index (κ3) is 6.39. The first-order chi connectivity index (χ1) is 12.1. The standard InChI is InChI=1S/C20H25N3O2/c1-15-9-11-17(18(14-15)23-19(24)8-5-13-21)22-20(25)12-10-16-6-3-2-4-7-16/h2-4,6-7,9,11,14H,5,8,10,12-13,21H2,1H3,(H,22,25)(H,23,24). The smallest absolute Gasteiger partial charge is 0.224 e. The van der Waals surface area contributed by atoms with Crippen molar-refractivity contribution < 1.29 is 9.59 Å². The van der Waals surface area contributed by atoms with Crippen molar-refractivity contribution in [2.75, 3.05) is 17.2 Å². The molecule has 0 aliphatic heterocycles. The zero-order valence-corrected chi connectivity index (χ0v) is 14.5. The molecule has 0 bridgehead atoms. The fourth-order valence-electron chi connectivity index (χ4n) is 2.46. The van der Waals surface area contributed by atoms with Crippen molar-refractivity contribution in [1.82, 2.24) is 0 Å². The van der Waals surface area contributed by atoms with Crippen LogP contribution in [0.1, 0.15) is 30.4 Å². The normalized spacial score (nSPS) is 10.3. The van der Waals surface area contributed by atoms with Gasteiger partial charge < -0.3 is 16.4 Å². The number of rotatable bonds is 8. The average molecular weight is 339 g/mol. The highest BCUT2D eigenvalue weighted by atomic mass is 16.2. The Balaban J connectivity index is 1.98. The van der Waals surface area contributed by atoms with Gasteiger partial charge in [-0.05, 0) is 49.6 Å². The minimum absolute atomic E-state index is 0.0786. The van der Waals surface area contributed by atoms with Gasteiger partial charge in [0.15, 0.2) is 0 Å². The molecule has 0 unspecified atom stereocenters. The average Bonchev–Trinajstić information content (AvgIpc) is 2.61. The Morgan fingerprint density at radius 1 is 0.920 bits per heavy atom. The molecule has 2 amide bonds. The number of nitrogens with one attached hydrogen (secondary N) is 2. The Morgan fingerprint density at radius 3 is 2.32 bits per heavy atom. The van der Waals surface area contributed by atoms with Crippen LogP contribution in [-0.2, 0) is 16.0 Å². The van der Waals surface area contributed by atoms with E-state index < -0.39 is 0 Å². The van der Waals surface area contributed by atoms with Crippen LogP contribution in [0.3, 0.4) is 0 Å². The summed E-state index contributed by atoms with van der Waals surface area (Å²) in [5, 5.41) is 5.75. The lowest BCUT2D eigenvalue weighted by molar-refractivity contribution is -0.117. The number of carbonyl (C=O) groups is 2. The molecule has 0 spiro atoms. The Kier molecular flexibility index (Phi) is 7.16. The zero-order chi connectivity index (χ0) is 18.1. The van der Waals surface area contributed by atoms with Gasteiger partial charge in [0.25, 0.3) is 0 Å². The van der Waals surface area contributed by atoms with Crippen LogP contribution in [0.15, 0.2) is 48.5 Å². The predicted octanol–water partition coefficient (Wildman–Crippen LogP) is 3.24. The molecule has 0 saturated heterocycles. The van der Waals surface area contributed by atoms with Crippen LogP contribution in [0, 0.1) is 6.92 Å². The van der Waals surface area contributed by atoms with E-state index in [1.165, 1.54) is 0 Å². The SMILES string of the molecule is Cc1ccc(NC(=O)CCc2ccccc2)c(NC(=O)CCCN)c1. The van der Waals surface area contributed by atoms with Gasteiger partial charge in [-0.25, -0.2) is 0 Å². The molecule has 2 rings (SSSR count). The first-order valence-corrected chi connectivity index (χ1v) is 8.53. The summed E-state index contributed by atoms with van der Waals surface area (Å²) in [7, 11) is 0. The molecule has 0 saturated carbocycles. The van der Waals surface area contributed by atoms with Crippen molar-refractivity contribution >= 4 is 23.2 Å². The molecule has 4 N–H and O–H groups in total. The minimum atomic E-state index is -0.101. The van der Waals surface area contributed by atoms with Crippen LogP contribution in [-0.4, -0.2) is 18.4 Å². The van der Waals surface area contributed by atoms with Gasteiger partial charge in [-0.1, -0.05) is 36.4 Å². The fourth-order valence-corrected chi connectivity index (χ4v) is 2.46. The van der Waals surface area contributed by atoms with E-state index in [1.54, 1.807) is 0 Å². The van der Waals surface area contributed by atoms with Crippen molar-refractivity contribution in [2.45, 2.75) is 32.6 Å². The molecular weight excluding hydrogens is 314 g/mol. The van der Waals surface area contributed by atoms with Gasteiger partial charge in [-0.2, -0.15) is 0 Å². The Labute approximate surface area is 148 Å². The third-order valence-corrected chi connectivity index (χ3v) is 3.81. The molecule has 0 aliphatic carbocycles. The number of hydrogen-bond acceptors (Lipinski definition) is 3. The monoisotopic (exact) mass is 339 g/mol. The van der Waals surface area contributed by atoms with Crippen LogP contribution in [0.2, 0.25) is 0 Å². The lowest BCUT2D eigenvalue weighted by Crippen LogP contribution is -2.17. The van der Waals surface area contributed by atoms with E-state index >= 15 is 0 Å². The summed E-state index contributed by atoms with van der Waals surface area (Å²) >= 11 is 0. The second kappa shape index (κ2) is 9.59. The number of aryl methyl sites for hydroxylation is 2. The maximum absolute atomic E-state index is 12.2. The number of benzene rings is 2. The van der Waals surface area contributed by atoms with Crippen LogP contribution in [0.5, 0.6) is 0 Å². The van der Waals surface area contributed by atoms with Gasteiger partial charge >= 0.3 is 0 Å². The molecule has 0 atom stereocenters. The van der Waals surface area contributed by atoms with Gasteiger partial charge in [0, 0.05) is 12.8 Å². The topological polar surface area (TPSA) is 84.2 Å². The van der Waals surface area contributed by atoms with E-state index in [2.05, 4.69) is 10.6 Å². The van der Waals surface area contributed by atoms with Crippen LogP contribution < -0.4 is 16.4 Å². The Morgan fingerprint density at radius 2 is 1.60 bits per heavy atom. The molecule has 2 aromatic rings. The van der Waals surface area contributed by atoms with E-state index in [4.69, 9.17) is 5.73 Å². The number of anilines is 2. The quantitative estimate of drug-likeness (QED) is 0.690. The Bertz CT molecular complexity index is 714. The van der Waals surface area contributed by atoms with E-state index in [-0.39, 0.29) is 11.8 Å². The largest absolute Gasteiger partial charge is 0.330 e. The highest BCUT2D eigenvalue weighted by molar-refractivity contribution is 5.99. The van der Waals surface area contributed by atoms with Crippen LogP contribution in [0.25, 0.3) is 0 Å². The summed E-state index contributed by atoms with van der Waals surface area (Å²) in [6.07, 6.45) is 2.07. The molecule has 25 heavy (non-hydrogen) atoms.